The first-order valence-corrected chi connectivity index (χ1v) is 4.85. The molecule has 0 aliphatic rings. The quantitative estimate of drug-likeness (QED) is 0.741. The van der Waals surface area contributed by atoms with Crippen LogP contribution >= 0.6 is 15.9 Å². The van der Waals surface area contributed by atoms with Crippen molar-refractivity contribution in [3.05, 3.63) is 40.4 Å². The summed E-state index contributed by atoms with van der Waals surface area (Å²) in [6, 6.07) is 9.41. The van der Waals surface area contributed by atoms with Crippen molar-refractivity contribution in [2.75, 3.05) is 0 Å². The molecule has 0 bridgehead atoms. The Morgan fingerprint density at radius 2 is 1.92 bits per heavy atom. The molecule has 2 aromatic rings. The van der Waals surface area contributed by atoms with Gasteiger partial charge in [-0.25, -0.2) is 0 Å². The fourth-order valence-corrected chi connectivity index (χ4v) is 1.79. The zero-order valence-electron chi connectivity index (χ0n) is 7.21. The Hall–Kier alpha value is -1.02. The fraction of sp³-hybridized carbons (Fsp3) is 0.0909. The third-order valence-corrected chi connectivity index (χ3v) is 3.07. The van der Waals surface area contributed by atoms with Gasteiger partial charge in [0.15, 0.2) is 0 Å². The number of aryl methyl sites for hydroxylation is 1. The lowest BCUT2D eigenvalue weighted by Crippen LogP contribution is -1.79. The van der Waals surface area contributed by atoms with Gasteiger partial charge in [-0.2, -0.15) is 0 Å². The predicted octanol–water partition coefficient (Wildman–Crippen LogP) is 3.62. The Labute approximate surface area is 85.1 Å². The molecule has 2 rings (SSSR count). The number of phenolic OH excluding ortho intramolecular Hbond substituents is 1. The summed E-state index contributed by atoms with van der Waals surface area (Å²) >= 11 is 3.47. The third-order valence-electron chi connectivity index (χ3n) is 2.21. The number of aromatic hydroxyl groups is 1. The van der Waals surface area contributed by atoms with Gasteiger partial charge in [0, 0.05) is 4.47 Å². The van der Waals surface area contributed by atoms with Crippen LogP contribution in [-0.2, 0) is 0 Å². The number of hydrogen-bond donors (Lipinski definition) is 1. The molecule has 1 nitrogen and oxygen atoms in total. The van der Waals surface area contributed by atoms with E-state index in [1.54, 1.807) is 12.1 Å². The smallest absolute Gasteiger partial charge is 0.116 e. The standard InChI is InChI=1S/C11H9BrO/c1-7-10-4-3-9(13)6-8(10)2-5-11(7)12/h2-6,13H,1H3. The minimum atomic E-state index is 0.314. The molecule has 0 saturated carbocycles. The van der Waals surface area contributed by atoms with Crippen LogP contribution in [0.3, 0.4) is 0 Å². The zero-order valence-corrected chi connectivity index (χ0v) is 8.80. The summed E-state index contributed by atoms with van der Waals surface area (Å²) in [7, 11) is 0. The van der Waals surface area contributed by atoms with Crippen LogP contribution in [0.15, 0.2) is 34.8 Å². The topological polar surface area (TPSA) is 20.2 Å². The number of benzene rings is 2. The van der Waals surface area contributed by atoms with Crippen LogP contribution < -0.4 is 0 Å². The van der Waals surface area contributed by atoms with Crippen molar-refractivity contribution in [2.45, 2.75) is 6.92 Å². The van der Waals surface area contributed by atoms with Crippen LogP contribution in [0.1, 0.15) is 5.56 Å². The first-order valence-electron chi connectivity index (χ1n) is 4.06. The zero-order chi connectivity index (χ0) is 9.42. The van der Waals surface area contributed by atoms with E-state index in [-0.39, 0.29) is 0 Å². The molecule has 0 aliphatic carbocycles. The third kappa shape index (κ3) is 1.42. The van der Waals surface area contributed by atoms with E-state index in [0.717, 1.165) is 9.86 Å². The highest BCUT2D eigenvalue weighted by atomic mass is 79.9. The van der Waals surface area contributed by atoms with E-state index >= 15 is 0 Å². The molecule has 2 aromatic carbocycles. The van der Waals surface area contributed by atoms with Crippen LogP contribution in [0.4, 0.5) is 0 Å². The van der Waals surface area contributed by atoms with Crippen molar-refractivity contribution in [1.82, 2.24) is 0 Å². The van der Waals surface area contributed by atoms with Crippen molar-refractivity contribution < 1.29 is 5.11 Å². The van der Waals surface area contributed by atoms with Crippen molar-refractivity contribution >= 4 is 26.7 Å². The second-order valence-corrected chi connectivity index (χ2v) is 3.93. The Bertz CT molecular complexity index is 463. The van der Waals surface area contributed by atoms with E-state index in [2.05, 4.69) is 22.9 Å². The molecule has 0 heterocycles. The minimum Gasteiger partial charge on any atom is -0.508 e. The molecular formula is C11H9BrO. The molecule has 0 amide bonds. The van der Waals surface area contributed by atoms with Crippen molar-refractivity contribution in [2.24, 2.45) is 0 Å². The summed E-state index contributed by atoms with van der Waals surface area (Å²) in [5.41, 5.74) is 1.21. The molecular weight excluding hydrogens is 228 g/mol. The van der Waals surface area contributed by atoms with Gasteiger partial charge in [-0.1, -0.05) is 28.1 Å². The van der Waals surface area contributed by atoms with E-state index in [1.165, 1.54) is 10.9 Å². The van der Waals surface area contributed by atoms with Crippen molar-refractivity contribution in [1.29, 1.82) is 0 Å². The number of halogens is 1. The van der Waals surface area contributed by atoms with Gasteiger partial charge in [0.05, 0.1) is 0 Å². The molecule has 0 fully saturated rings. The summed E-state index contributed by atoms with van der Waals surface area (Å²) in [5, 5.41) is 11.5. The lowest BCUT2D eigenvalue weighted by atomic mass is 10.1. The lowest BCUT2D eigenvalue weighted by molar-refractivity contribution is 0.476. The van der Waals surface area contributed by atoms with Gasteiger partial charge in [0.25, 0.3) is 0 Å². The van der Waals surface area contributed by atoms with E-state index in [0.29, 0.717) is 5.75 Å². The largest absolute Gasteiger partial charge is 0.508 e. The van der Waals surface area contributed by atoms with Crippen LogP contribution in [0, 0.1) is 6.92 Å². The Morgan fingerprint density at radius 1 is 1.15 bits per heavy atom. The second-order valence-electron chi connectivity index (χ2n) is 3.08. The highest BCUT2D eigenvalue weighted by Crippen LogP contribution is 2.27. The molecule has 66 valence electrons. The first kappa shape index (κ1) is 8.57. The molecule has 0 spiro atoms. The normalized spacial score (nSPS) is 10.6. The molecule has 0 radical (unpaired) electrons. The van der Waals surface area contributed by atoms with E-state index < -0.39 is 0 Å². The molecule has 2 heteroatoms. The number of hydrogen-bond acceptors (Lipinski definition) is 1. The minimum absolute atomic E-state index is 0.314. The molecule has 0 atom stereocenters. The summed E-state index contributed by atoms with van der Waals surface area (Å²) in [4.78, 5) is 0. The maximum Gasteiger partial charge on any atom is 0.116 e. The van der Waals surface area contributed by atoms with Crippen LogP contribution in [0.5, 0.6) is 5.75 Å². The van der Waals surface area contributed by atoms with Gasteiger partial charge in [-0.3, -0.25) is 0 Å². The molecule has 0 unspecified atom stereocenters. The Morgan fingerprint density at radius 3 is 2.69 bits per heavy atom. The van der Waals surface area contributed by atoms with E-state index in [4.69, 9.17) is 0 Å². The highest BCUT2D eigenvalue weighted by Gasteiger charge is 2.01. The lowest BCUT2D eigenvalue weighted by Gasteiger charge is -2.04. The van der Waals surface area contributed by atoms with Crippen LogP contribution in [0.2, 0.25) is 0 Å². The van der Waals surface area contributed by atoms with Gasteiger partial charge in [-0.05, 0) is 41.5 Å². The fourth-order valence-electron chi connectivity index (χ4n) is 1.45. The van der Waals surface area contributed by atoms with Crippen LogP contribution in [0.25, 0.3) is 10.8 Å². The maximum absolute atomic E-state index is 9.28. The van der Waals surface area contributed by atoms with E-state index in [9.17, 15) is 5.11 Å². The molecule has 13 heavy (non-hydrogen) atoms. The Balaban J connectivity index is 2.87. The number of rotatable bonds is 0. The summed E-state index contributed by atoms with van der Waals surface area (Å²) in [5.74, 6) is 0.314. The van der Waals surface area contributed by atoms with Gasteiger partial charge in [0.2, 0.25) is 0 Å². The summed E-state index contributed by atoms with van der Waals surface area (Å²) in [6.07, 6.45) is 0. The van der Waals surface area contributed by atoms with Crippen molar-refractivity contribution in [3.63, 3.8) is 0 Å². The monoisotopic (exact) mass is 236 g/mol. The average Bonchev–Trinajstić information content (AvgIpc) is 2.12. The predicted molar refractivity (Wildman–Crippen MR) is 58.0 cm³/mol. The van der Waals surface area contributed by atoms with Gasteiger partial charge in [0.1, 0.15) is 5.75 Å². The molecule has 0 aromatic heterocycles. The van der Waals surface area contributed by atoms with E-state index in [1.807, 2.05) is 18.2 Å². The van der Waals surface area contributed by atoms with Gasteiger partial charge < -0.3 is 5.11 Å². The Kier molecular flexibility index (Phi) is 2.00. The SMILES string of the molecule is Cc1c(Br)ccc2cc(O)ccc12. The van der Waals surface area contributed by atoms with Crippen molar-refractivity contribution in [3.8, 4) is 5.75 Å². The molecule has 0 aliphatic heterocycles. The summed E-state index contributed by atoms with van der Waals surface area (Å²) < 4.78 is 1.10. The second kappa shape index (κ2) is 3.04. The van der Waals surface area contributed by atoms with Crippen LogP contribution in [-0.4, -0.2) is 5.11 Å². The summed E-state index contributed by atoms with van der Waals surface area (Å²) in [6.45, 7) is 2.06. The maximum atomic E-state index is 9.28. The highest BCUT2D eigenvalue weighted by molar-refractivity contribution is 9.10. The number of phenols is 1. The number of fused-ring (bicyclic) bond motifs is 1. The van der Waals surface area contributed by atoms with Gasteiger partial charge >= 0.3 is 0 Å². The molecule has 1 N–H and O–H groups in total. The average molecular weight is 237 g/mol. The van der Waals surface area contributed by atoms with Gasteiger partial charge in [-0.15, -0.1) is 0 Å². The molecule has 0 saturated heterocycles. The first-order chi connectivity index (χ1) is 6.18.